The number of aromatic nitrogens is 2. The van der Waals surface area contributed by atoms with Crippen LogP contribution in [0.4, 0.5) is 0 Å². The quantitative estimate of drug-likeness (QED) is 0.289. The van der Waals surface area contributed by atoms with E-state index in [-0.39, 0.29) is 24.0 Å². The Morgan fingerprint density at radius 3 is 2.52 bits per heavy atom. The van der Waals surface area contributed by atoms with E-state index in [1.54, 1.807) is 6.20 Å². The lowest BCUT2D eigenvalue weighted by molar-refractivity contribution is 0.258. The molecule has 0 saturated carbocycles. The van der Waals surface area contributed by atoms with Gasteiger partial charge in [0.15, 0.2) is 5.96 Å². The zero-order valence-corrected chi connectivity index (χ0v) is 20.4. The van der Waals surface area contributed by atoms with Crippen molar-refractivity contribution in [2.24, 2.45) is 4.99 Å². The zero-order valence-electron chi connectivity index (χ0n) is 18.1. The van der Waals surface area contributed by atoms with Gasteiger partial charge in [-0.15, -0.1) is 24.0 Å². The number of likely N-dealkylation sites (tertiary alicyclic amines) is 1. The molecule has 3 aromatic rings. The molecule has 1 aromatic heterocycles. The van der Waals surface area contributed by atoms with Gasteiger partial charge in [0, 0.05) is 51.2 Å². The Morgan fingerprint density at radius 2 is 1.84 bits per heavy atom. The number of nitrogens with one attached hydrogen (secondary N) is 2. The molecule has 1 saturated heterocycles. The Bertz CT molecular complexity index is 940. The van der Waals surface area contributed by atoms with Crippen molar-refractivity contribution in [2.75, 3.05) is 13.6 Å². The Morgan fingerprint density at radius 1 is 1.06 bits per heavy atom. The van der Waals surface area contributed by atoms with Gasteiger partial charge in [-0.3, -0.25) is 9.89 Å². The van der Waals surface area contributed by atoms with Gasteiger partial charge in [0.25, 0.3) is 0 Å². The Balaban J connectivity index is 0.00000272. The molecule has 1 aliphatic heterocycles. The molecular formula is C24H31IN6. The molecule has 7 heteroatoms. The van der Waals surface area contributed by atoms with Crippen LogP contribution in [-0.2, 0) is 13.1 Å². The first-order chi connectivity index (χ1) is 14.7. The fraction of sp³-hybridized carbons (Fsp3) is 0.333. The second-order valence-corrected chi connectivity index (χ2v) is 7.88. The van der Waals surface area contributed by atoms with E-state index in [1.807, 2.05) is 24.0 Å². The number of benzene rings is 2. The lowest BCUT2D eigenvalue weighted by Gasteiger charge is -2.21. The number of aliphatic imine (C=N–C) groups is 1. The van der Waals surface area contributed by atoms with Crippen molar-refractivity contribution < 1.29 is 0 Å². The highest BCUT2D eigenvalue weighted by molar-refractivity contribution is 14.0. The lowest BCUT2D eigenvalue weighted by Crippen LogP contribution is -2.44. The van der Waals surface area contributed by atoms with Gasteiger partial charge in [-0.25, -0.2) is 4.68 Å². The molecule has 0 spiro atoms. The van der Waals surface area contributed by atoms with E-state index >= 15 is 0 Å². The third-order valence-electron chi connectivity index (χ3n) is 5.66. The van der Waals surface area contributed by atoms with E-state index in [2.05, 4.69) is 87.1 Å². The molecule has 31 heavy (non-hydrogen) atoms. The molecule has 2 unspecified atom stereocenters. The Kier molecular flexibility index (Phi) is 8.48. The maximum Gasteiger partial charge on any atom is 0.191 e. The van der Waals surface area contributed by atoms with Crippen molar-refractivity contribution in [2.45, 2.75) is 38.5 Å². The predicted molar refractivity (Wildman–Crippen MR) is 137 cm³/mol. The number of guanidine groups is 1. The van der Waals surface area contributed by atoms with Gasteiger partial charge in [-0.05, 0) is 42.7 Å². The molecule has 0 radical (unpaired) electrons. The maximum absolute atomic E-state index is 4.42. The normalized spacial score (nSPS) is 19.1. The number of rotatable bonds is 6. The van der Waals surface area contributed by atoms with Gasteiger partial charge in [0.2, 0.25) is 0 Å². The zero-order chi connectivity index (χ0) is 20.8. The monoisotopic (exact) mass is 530 g/mol. The average Bonchev–Trinajstić information content (AvgIpc) is 3.43. The summed E-state index contributed by atoms with van der Waals surface area (Å²) >= 11 is 0. The standard InChI is InChI=1S/C24H30N6.HI/c1-19-15-22(18-29(19)17-21-7-4-3-5-8-21)28-24(25-2)26-16-20-9-11-23(12-10-20)30-14-6-13-27-30;/h3-14,19,22H,15-18H2,1-2H3,(H2,25,26,28);1H. The first-order valence-corrected chi connectivity index (χ1v) is 10.6. The Labute approximate surface area is 201 Å². The molecule has 2 atom stereocenters. The molecule has 1 aliphatic rings. The SMILES string of the molecule is CN=C(NCc1ccc(-n2cccn2)cc1)NC1CC(C)N(Cc2ccccc2)C1.I. The molecule has 0 amide bonds. The average molecular weight is 530 g/mol. The number of hydrogen-bond acceptors (Lipinski definition) is 3. The molecule has 164 valence electrons. The summed E-state index contributed by atoms with van der Waals surface area (Å²) in [6, 6.07) is 22.0. The van der Waals surface area contributed by atoms with Gasteiger partial charge in [-0.1, -0.05) is 42.5 Å². The van der Waals surface area contributed by atoms with Gasteiger partial charge in [-0.2, -0.15) is 5.10 Å². The lowest BCUT2D eigenvalue weighted by atomic mass is 10.2. The topological polar surface area (TPSA) is 57.5 Å². The first kappa shape index (κ1) is 23.3. The fourth-order valence-electron chi connectivity index (χ4n) is 4.00. The van der Waals surface area contributed by atoms with Crippen molar-refractivity contribution in [1.82, 2.24) is 25.3 Å². The van der Waals surface area contributed by atoms with Gasteiger partial charge < -0.3 is 10.6 Å². The Hall–Kier alpha value is -2.39. The van der Waals surface area contributed by atoms with Crippen LogP contribution >= 0.6 is 24.0 Å². The van der Waals surface area contributed by atoms with Crippen LogP contribution in [0, 0.1) is 0 Å². The van der Waals surface area contributed by atoms with E-state index in [0.29, 0.717) is 12.1 Å². The smallest absolute Gasteiger partial charge is 0.191 e. The minimum absolute atomic E-state index is 0. The molecule has 2 aromatic carbocycles. The summed E-state index contributed by atoms with van der Waals surface area (Å²) in [7, 11) is 1.83. The second kappa shape index (κ2) is 11.3. The molecule has 0 aliphatic carbocycles. The van der Waals surface area contributed by atoms with E-state index in [0.717, 1.165) is 37.7 Å². The van der Waals surface area contributed by atoms with Gasteiger partial charge in [0.05, 0.1) is 5.69 Å². The van der Waals surface area contributed by atoms with Crippen LogP contribution in [0.5, 0.6) is 0 Å². The third-order valence-corrected chi connectivity index (χ3v) is 5.66. The van der Waals surface area contributed by atoms with Crippen LogP contribution in [0.3, 0.4) is 0 Å². The van der Waals surface area contributed by atoms with Crippen LogP contribution < -0.4 is 10.6 Å². The molecule has 4 rings (SSSR count). The highest BCUT2D eigenvalue weighted by Crippen LogP contribution is 2.20. The number of halogens is 1. The fourth-order valence-corrected chi connectivity index (χ4v) is 4.00. The van der Waals surface area contributed by atoms with Crippen molar-refractivity contribution in [1.29, 1.82) is 0 Å². The van der Waals surface area contributed by atoms with Crippen molar-refractivity contribution in [3.8, 4) is 5.69 Å². The highest BCUT2D eigenvalue weighted by Gasteiger charge is 2.29. The summed E-state index contributed by atoms with van der Waals surface area (Å²) in [5, 5.41) is 11.3. The van der Waals surface area contributed by atoms with E-state index in [9.17, 15) is 0 Å². The van der Waals surface area contributed by atoms with E-state index < -0.39 is 0 Å². The summed E-state index contributed by atoms with van der Waals surface area (Å²) in [6.07, 6.45) is 4.85. The number of nitrogens with zero attached hydrogens (tertiary/aromatic N) is 4. The molecular weight excluding hydrogens is 499 g/mol. The van der Waals surface area contributed by atoms with E-state index in [4.69, 9.17) is 0 Å². The summed E-state index contributed by atoms with van der Waals surface area (Å²) in [5.41, 5.74) is 3.63. The maximum atomic E-state index is 4.42. The number of hydrogen-bond donors (Lipinski definition) is 2. The predicted octanol–water partition coefficient (Wildman–Crippen LogP) is 3.82. The van der Waals surface area contributed by atoms with Crippen LogP contribution in [0.25, 0.3) is 5.69 Å². The van der Waals surface area contributed by atoms with E-state index in [1.165, 1.54) is 11.1 Å². The summed E-state index contributed by atoms with van der Waals surface area (Å²) < 4.78 is 1.86. The molecule has 0 bridgehead atoms. The van der Waals surface area contributed by atoms with Gasteiger partial charge >= 0.3 is 0 Å². The minimum atomic E-state index is 0. The summed E-state index contributed by atoms with van der Waals surface area (Å²) in [4.78, 5) is 6.96. The van der Waals surface area contributed by atoms with Crippen molar-refractivity contribution in [3.05, 3.63) is 84.2 Å². The van der Waals surface area contributed by atoms with Gasteiger partial charge in [0.1, 0.15) is 0 Å². The summed E-state index contributed by atoms with van der Waals surface area (Å²) in [6.45, 7) is 5.06. The molecule has 6 nitrogen and oxygen atoms in total. The third kappa shape index (κ3) is 6.30. The van der Waals surface area contributed by atoms with Crippen molar-refractivity contribution in [3.63, 3.8) is 0 Å². The van der Waals surface area contributed by atoms with Crippen LogP contribution in [0.1, 0.15) is 24.5 Å². The molecule has 2 heterocycles. The molecule has 1 fully saturated rings. The highest BCUT2D eigenvalue weighted by atomic mass is 127. The summed E-state index contributed by atoms with van der Waals surface area (Å²) in [5.74, 6) is 0.852. The first-order valence-electron chi connectivity index (χ1n) is 10.6. The van der Waals surface area contributed by atoms with Crippen molar-refractivity contribution >= 4 is 29.9 Å². The van der Waals surface area contributed by atoms with Crippen LogP contribution in [0.2, 0.25) is 0 Å². The van der Waals surface area contributed by atoms with Crippen LogP contribution in [-0.4, -0.2) is 46.3 Å². The minimum Gasteiger partial charge on any atom is -0.352 e. The largest absolute Gasteiger partial charge is 0.352 e. The second-order valence-electron chi connectivity index (χ2n) is 7.88. The van der Waals surface area contributed by atoms with Crippen LogP contribution in [0.15, 0.2) is 78.0 Å². The molecule has 2 N–H and O–H groups in total.